The second-order valence-electron chi connectivity index (χ2n) is 26.1. The maximum atomic E-state index is 13.0. The smallest absolute Gasteiger partial charge is 0.463 e. The Balaban J connectivity index is 4.61. The number of unbranched alkanes of at least 4 members (excludes halogenated alkanes) is 25. The van der Waals surface area contributed by atoms with Gasteiger partial charge in [0.25, 0.3) is 0 Å². The molecule has 0 saturated carbocycles. The summed E-state index contributed by atoms with van der Waals surface area (Å²) < 4.78 is 61.1. The van der Waals surface area contributed by atoms with Crippen molar-refractivity contribution in [3.63, 3.8) is 0 Å². The predicted molar refractivity (Wildman–Crippen MR) is 426 cm³/mol. The number of rotatable bonds is 74. The third-order valence-electron chi connectivity index (χ3n) is 16.2. The number of allylic oxidation sites excluding steroid dienone is 26. The number of aliphatic hydroxyl groups is 2. The highest BCUT2D eigenvalue weighted by Gasteiger charge is 2.29. The van der Waals surface area contributed by atoms with Crippen LogP contribution in [0.4, 0.5) is 0 Å². The molecule has 18 heteroatoms. The lowest BCUT2D eigenvalue weighted by atomic mass is 10.0. The number of hydrogen-bond acceptors (Lipinski definition) is 14. The van der Waals surface area contributed by atoms with Gasteiger partial charge in [-0.05, 0) is 148 Å². The summed E-state index contributed by atoms with van der Waals surface area (Å²) in [5.41, 5.74) is 0. The van der Waals surface area contributed by atoms with Crippen LogP contribution in [0.15, 0.2) is 158 Å². The quantitative estimate of drug-likeness (QED) is 0.0146. The normalized spacial score (nSPS) is 14.8. The van der Waals surface area contributed by atoms with E-state index in [1.54, 1.807) is 0 Å². The summed E-state index contributed by atoms with van der Waals surface area (Å²) >= 11 is 0. The number of carbonyl (C=O) groups excluding carboxylic acids is 3. The number of carbonyl (C=O) groups is 3. The van der Waals surface area contributed by atoms with E-state index in [0.29, 0.717) is 19.3 Å². The topological polar surface area (TPSA) is 231 Å². The Morgan fingerprint density at radius 1 is 0.282 bits per heavy atom. The van der Waals surface area contributed by atoms with Crippen LogP contribution in [0.5, 0.6) is 0 Å². The zero-order valence-corrected chi connectivity index (χ0v) is 66.0. The van der Waals surface area contributed by atoms with Gasteiger partial charge in [0.15, 0.2) is 6.10 Å². The Hall–Kier alpha value is -4.83. The predicted octanol–water partition coefficient (Wildman–Crippen LogP) is 23.4. The average molecular weight is 1480 g/mol. The second-order valence-corrected chi connectivity index (χ2v) is 29.0. The van der Waals surface area contributed by atoms with Crippen LogP contribution in [0, 0.1) is 0 Å². The number of phosphoric ester groups is 2. The van der Waals surface area contributed by atoms with E-state index >= 15 is 0 Å². The van der Waals surface area contributed by atoms with Crippen molar-refractivity contribution < 1.29 is 75.8 Å². The third kappa shape index (κ3) is 78.1. The van der Waals surface area contributed by atoms with Crippen LogP contribution in [0.2, 0.25) is 0 Å². The largest absolute Gasteiger partial charge is 0.472 e. The number of esters is 3. The van der Waals surface area contributed by atoms with Crippen molar-refractivity contribution in [2.45, 2.75) is 322 Å². The zero-order valence-electron chi connectivity index (χ0n) is 64.2. The molecular formula is C85H142O16P2. The molecule has 0 aliphatic rings. The Labute approximate surface area is 625 Å². The first-order valence-electron chi connectivity index (χ1n) is 39.8. The van der Waals surface area contributed by atoms with Gasteiger partial charge in [0.1, 0.15) is 25.4 Å². The van der Waals surface area contributed by atoms with Crippen molar-refractivity contribution in [3.05, 3.63) is 158 Å². The molecule has 5 atom stereocenters. The van der Waals surface area contributed by atoms with Gasteiger partial charge in [-0.3, -0.25) is 32.5 Å². The Bertz CT molecular complexity index is 2500. The molecule has 0 amide bonds. The highest BCUT2D eigenvalue weighted by molar-refractivity contribution is 7.47. The summed E-state index contributed by atoms with van der Waals surface area (Å²) in [7, 11) is -9.81. The molecular weight excluding hydrogens is 1340 g/mol. The van der Waals surface area contributed by atoms with E-state index in [9.17, 15) is 43.5 Å². The summed E-state index contributed by atoms with van der Waals surface area (Å²) in [6.45, 7) is 2.39. The van der Waals surface area contributed by atoms with Gasteiger partial charge in [0.2, 0.25) is 0 Å². The molecule has 103 heavy (non-hydrogen) atoms. The molecule has 0 rings (SSSR count). The van der Waals surface area contributed by atoms with Crippen molar-refractivity contribution >= 4 is 33.6 Å². The van der Waals surface area contributed by atoms with Gasteiger partial charge in [-0.15, -0.1) is 0 Å². The first kappa shape index (κ1) is 98.2. The molecule has 0 heterocycles. The van der Waals surface area contributed by atoms with Gasteiger partial charge in [-0.2, -0.15) is 0 Å². The van der Waals surface area contributed by atoms with Crippen molar-refractivity contribution in [1.82, 2.24) is 0 Å². The van der Waals surface area contributed by atoms with Crippen molar-refractivity contribution in [1.29, 1.82) is 0 Å². The van der Waals surface area contributed by atoms with E-state index in [1.807, 2.05) is 0 Å². The molecule has 0 aromatic carbocycles. The molecule has 0 saturated heterocycles. The number of phosphoric acid groups is 2. The fourth-order valence-electron chi connectivity index (χ4n) is 10.2. The Morgan fingerprint density at radius 3 is 0.816 bits per heavy atom. The number of ether oxygens (including phenoxy) is 3. The van der Waals surface area contributed by atoms with Gasteiger partial charge in [0.05, 0.1) is 26.4 Å². The van der Waals surface area contributed by atoms with Gasteiger partial charge in [-0.25, -0.2) is 9.13 Å². The van der Waals surface area contributed by atoms with Crippen LogP contribution in [0.3, 0.4) is 0 Å². The van der Waals surface area contributed by atoms with E-state index < -0.39 is 91.5 Å². The van der Waals surface area contributed by atoms with Gasteiger partial charge in [0, 0.05) is 19.3 Å². The molecule has 588 valence electrons. The number of aliphatic hydroxyl groups excluding tert-OH is 2. The lowest BCUT2D eigenvalue weighted by molar-refractivity contribution is -0.161. The van der Waals surface area contributed by atoms with Crippen LogP contribution in [-0.2, 0) is 55.8 Å². The van der Waals surface area contributed by atoms with E-state index in [2.05, 4.69) is 179 Å². The fraction of sp³-hybridized carbons (Fsp3) is 0.659. The monoisotopic (exact) mass is 1480 g/mol. The standard InChI is InChI=1S/C85H142O16P2/c1-4-7-10-13-16-19-22-25-28-30-32-34-36-38-39-41-43-44-46-48-51-53-56-59-62-65-68-71-83(88)95-74-80(86)75-97-102(91,92)98-76-81(87)77-99-103(93,94)100-79-82(101-85(90)73-70-67-64-61-58-55-50-27-24-21-18-15-12-9-6-3)78-96-84(89)72-69-66-63-60-57-54-52-49-47-45-42-40-37-35-33-31-29-26-23-20-17-14-11-8-5-2/h7-8,10-11,16-21,25-29,32-35,38-40,42,47,49-50,80-82,86-87H,4-6,9,12-15,22-24,30-31,36-37,41,43-46,48,51-79H2,1-3H3,(H,91,92)(H,93,94)/b10-7-,11-8-,19-16-,20-17-,21-18-,28-25-,29-26-,34-32-,35-33-,39-38-,42-40-,49-47-,50-27-. The Morgan fingerprint density at radius 2 is 0.515 bits per heavy atom. The molecule has 16 nitrogen and oxygen atoms in total. The minimum atomic E-state index is -4.94. The number of hydrogen-bond donors (Lipinski definition) is 4. The molecule has 5 unspecified atom stereocenters. The van der Waals surface area contributed by atoms with E-state index in [0.717, 1.165) is 180 Å². The molecule has 0 fully saturated rings. The minimum absolute atomic E-state index is 0.0804. The molecule has 0 aromatic rings. The second kappa shape index (κ2) is 76.8. The Kier molecular flexibility index (Phi) is 73.2. The fourth-order valence-corrected chi connectivity index (χ4v) is 11.8. The molecule has 0 bridgehead atoms. The third-order valence-corrected chi connectivity index (χ3v) is 18.1. The van der Waals surface area contributed by atoms with Crippen LogP contribution < -0.4 is 0 Å². The van der Waals surface area contributed by atoms with Crippen LogP contribution in [0.1, 0.15) is 303 Å². The minimum Gasteiger partial charge on any atom is -0.463 e. The van der Waals surface area contributed by atoms with Crippen LogP contribution in [-0.4, -0.2) is 95.9 Å². The van der Waals surface area contributed by atoms with Crippen LogP contribution in [0.25, 0.3) is 0 Å². The SMILES string of the molecule is CC/C=C\C/C=C\C/C=C\C/C=C\C/C=C\C/C=C\CCCCCCCCC(=O)OCC(COP(=O)(O)OCC(O)COP(=O)(O)OCC(O)COC(=O)CCCCCCCCCCCCC/C=C\C/C=C\C/C=C\C/C=C\C/C=C\CC)OC(=O)CCCCCCC/C=C\C/C=C\CCCCC. The summed E-state index contributed by atoms with van der Waals surface area (Å²) in [6.07, 6.45) is 95.7. The first-order valence-corrected chi connectivity index (χ1v) is 42.8. The molecule has 0 aromatic heterocycles. The van der Waals surface area contributed by atoms with Crippen molar-refractivity contribution in [3.8, 4) is 0 Å². The van der Waals surface area contributed by atoms with Crippen LogP contribution >= 0.6 is 15.6 Å². The van der Waals surface area contributed by atoms with E-state index in [1.165, 1.54) is 64.2 Å². The summed E-state index contributed by atoms with van der Waals surface area (Å²) in [6, 6.07) is 0. The zero-order chi connectivity index (χ0) is 75.2. The highest BCUT2D eigenvalue weighted by Crippen LogP contribution is 2.45. The summed E-state index contributed by atoms with van der Waals surface area (Å²) in [5.74, 6) is -1.61. The molecule has 4 N–H and O–H groups in total. The maximum absolute atomic E-state index is 13.0. The van der Waals surface area contributed by atoms with Gasteiger partial charge in [-0.1, -0.05) is 294 Å². The lowest BCUT2D eigenvalue weighted by Gasteiger charge is -2.21. The van der Waals surface area contributed by atoms with Crippen molar-refractivity contribution in [2.24, 2.45) is 0 Å². The average Bonchev–Trinajstić information content (AvgIpc) is 0.918. The van der Waals surface area contributed by atoms with Crippen molar-refractivity contribution in [2.75, 3.05) is 39.6 Å². The molecule has 0 aliphatic carbocycles. The van der Waals surface area contributed by atoms with Gasteiger partial charge >= 0.3 is 33.6 Å². The molecule has 0 aliphatic heterocycles. The summed E-state index contributed by atoms with van der Waals surface area (Å²) in [5, 5.41) is 20.6. The summed E-state index contributed by atoms with van der Waals surface area (Å²) in [4.78, 5) is 58.7. The maximum Gasteiger partial charge on any atom is 0.472 e. The van der Waals surface area contributed by atoms with E-state index in [4.69, 9.17) is 32.3 Å². The molecule has 0 spiro atoms. The van der Waals surface area contributed by atoms with E-state index in [-0.39, 0.29) is 19.3 Å². The molecule has 0 radical (unpaired) electrons. The van der Waals surface area contributed by atoms with Gasteiger partial charge < -0.3 is 34.2 Å². The highest BCUT2D eigenvalue weighted by atomic mass is 31.2. The first-order chi connectivity index (χ1) is 50.2. The lowest BCUT2D eigenvalue weighted by Crippen LogP contribution is -2.30.